The van der Waals surface area contributed by atoms with Crippen molar-refractivity contribution in [2.75, 3.05) is 5.32 Å². The van der Waals surface area contributed by atoms with E-state index in [0.29, 0.717) is 25.0 Å². The summed E-state index contributed by atoms with van der Waals surface area (Å²) in [5.41, 5.74) is 10.3. The number of carbonyl (C=O) groups excluding carboxylic acids is 2. The van der Waals surface area contributed by atoms with E-state index in [0.717, 1.165) is 34.4 Å². The highest BCUT2D eigenvalue weighted by atomic mass is 16.2. The van der Waals surface area contributed by atoms with Crippen LogP contribution in [0.3, 0.4) is 0 Å². The van der Waals surface area contributed by atoms with Gasteiger partial charge in [-0.15, -0.1) is 0 Å². The number of nitrogens with two attached hydrogens (primary N) is 1. The maximum atomic E-state index is 13.1. The fourth-order valence-electron chi connectivity index (χ4n) is 5.17. The Balaban J connectivity index is 1.30. The summed E-state index contributed by atoms with van der Waals surface area (Å²) < 4.78 is 0. The predicted molar refractivity (Wildman–Crippen MR) is 135 cm³/mol. The Morgan fingerprint density at radius 2 is 1.71 bits per heavy atom. The van der Waals surface area contributed by atoms with Crippen molar-refractivity contribution in [3.8, 4) is 0 Å². The maximum Gasteiger partial charge on any atom is 0.319 e. The summed E-state index contributed by atoms with van der Waals surface area (Å²) in [6, 6.07) is 13.5. The van der Waals surface area contributed by atoms with Crippen LogP contribution < -0.4 is 16.4 Å². The number of amides is 3. The lowest BCUT2D eigenvalue weighted by molar-refractivity contribution is -0.131. The monoisotopic (exact) mass is 461 g/mol. The Hall–Kier alpha value is -3.35. The van der Waals surface area contributed by atoms with Crippen LogP contribution in [0, 0.1) is 19.8 Å². The molecule has 0 radical (unpaired) electrons. The average molecular weight is 462 g/mol. The Morgan fingerprint density at radius 3 is 2.35 bits per heavy atom. The lowest BCUT2D eigenvalue weighted by Gasteiger charge is -2.24. The van der Waals surface area contributed by atoms with Crippen LogP contribution in [0.5, 0.6) is 0 Å². The molecule has 1 atom stereocenters. The highest BCUT2D eigenvalue weighted by Crippen LogP contribution is 2.36. The number of nitrogens with zero attached hydrogens (tertiary/aromatic N) is 2. The van der Waals surface area contributed by atoms with Crippen LogP contribution in [0.25, 0.3) is 0 Å². The average Bonchev–Trinajstić information content (AvgIpc) is 3.34. The highest BCUT2D eigenvalue weighted by Gasteiger charge is 2.45. The molecule has 0 saturated heterocycles. The van der Waals surface area contributed by atoms with Crippen molar-refractivity contribution in [3.05, 3.63) is 64.7 Å². The second-order valence-electron chi connectivity index (χ2n) is 9.99. The first kappa shape index (κ1) is 23.8. The van der Waals surface area contributed by atoms with Crippen molar-refractivity contribution in [2.45, 2.75) is 71.5 Å². The molecule has 1 aliphatic carbocycles. The van der Waals surface area contributed by atoms with Gasteiger partial charge in [0, 0.05) is 12.2 Å². The third-order valence-corrected chi connectivity index (χ3v) is 6.80. The van der Waals surface area contributed by atoms with Gasteiger partial charge < -0.3 is 16.4 Å². The summed E-state index contributed by atoms with van der Waals surface area (Å²) in [4.78, 5) is 31.6. The van der Waals surface area contributed by atoms with Crippen molar-refractivity contribution < 1.29 is 9.59 Å². The zero-order valence-corrected chi connectivity index (χ0v) is 20.4. The Bertz CT molecular complexity index is 1070. The van der Waals surface area contributed by atoms with Crippen LogP contribution in [-0.2, 0) is 17.9 Å². The second kappa shape index (κ2) is 9.87. The van der Waals surface area contributed by atoms with E-state index in [1.807, 2.05) is 57.2 Å². The van der Waals surface area contributed by atoms with Gasteiger partial charge in [-0.3, -0.25) is 9.69 Å². The molecule has 1 aliphatic heterocycles. The van der Waals surface area contributed by atoms with Crippen molar-refractivity contribution >= 4 is 23.6 Å². The minimum absolute atomic E-state index is 0.00861. The molecule has 0 spiro atoms. The molecule has 0 bridgehead atoms. The minimum atomic E-state index is -0.744. The van der Waals surface area contributed by atoms with Gasteiger partial charge in [-0.05, 0) is 67.5 Å². The van der Waals surface area contributed by atoms with Crippen molar-refractivity contribution in [2.24, 2.45) is 16.6 Å². The SMILES string of the molecule is Cc1cc(C)cc(NC(=O)NCc2ccc(CN3C(=O)C(C)(CC4CCCC4)N=C3N)cc2)c1. The number of guanidine groups is 1. The van der Waals surface area contributed by atoms with Gasteiger partial charge in [0.2, 0.25) is 0 Å². The molecule has 7 heteroatoms. The number of aliphatic imine (C=N–C) groups is 1. The number of anilines is 1. The van der Waals surface area contributed by atoms with Gasteiger partial charge in [0.15, 0.2) is 5.96 Å². The third-order valence-electron chi connectivity index (χ3n) is 6.80. The normalized spacial score (nSPS) is 20.5. The number of nitrogens with one attached hydrogen (secondary N) is 2. The van der Waals surface area contributed by atoms with E-state index in [2.05, 4.69) is 21.7 Å². The molecule has 4 rings (SSSR count). The first-order valence-electron chi connectivity index (χ1n) is 12.1. The Labute approximate surface area is 201 Å². The zero-order valence-electron chi connectivity index (χ0n) is 20.4. The van der Waals surface area contributed by atoms with Gasteiger partial charge in [-0.2, -0.15) is 0 Å². The lowest BCUT2D eigenvalue weighted by Crippen LogP contribution is -2.43. The first-order chi connectivity index (χ1) is 16.2. The molecular formula is C27H35N5O2. The summed E-state index contributed by atoms with van der Waals surface area (Å²) in [5, 5.41) is 5.76. The summed E-state index contributed by atoms with van der Waals surface area (Å²) >= 11 is 0. The topological polar surface area (TPSA) is 99.8 Å². The molecule has 34 heavy (non-hydrogen) atoms. The van der Waals surface area contributed by atoms with Gasteiger partial charge in [0.05, 0.1) is 6.54 Å². The minimum Gasteiger partial charge on any atom is -0.369 e. The number of carbonyl (C=O) groups is 2. The number of urea groups is 1. The molecule has 2 aromatic rings. The fourth-order valence-corrected chi connectivity index (χ4v) is 5.17. The smallest absolute Gasteiger partial charge is 0.319 e. The van der Waals surface area contributed by atoms with Gasteiger partial charge in [0.25, 0.3) is 5.91 Å². The number of hydrogen-bond donors (Lipinski definition) is 3. The molecule has 7 nitrogen and oxygen atoms in total. The van der Waals surface area contributed by atoms with Crippen molar-refractivity contribution in [1.82, 2.24) is 10.2 Å². The zero-order chi connectivity index (χ0) is 24.3. The van der Waals surface area contributed by atoms with Crippen LogP contribution in [0.2, 0.25) is 0 Å². The van der Waals surface area contributed by atoms with Gasteiger partial charge in [0.1, 0.15) is 5.54 Å². The number of aryl methyl sites for hydroxylation is 2. The standard InChI is InChI=1S/C27H35N5O2/c1-18-12-19(2)14-23(13-18)30-26(34)29-16-21-8-10-22(11-9-21)17-32-24(33)27(3,31-25(32)28)15-20-6-4-5-7-20/h8-14,20H,4-7,15-17H2,1-3H3,(H2,28,31)(H2,29,30,34). The molecular weight excluding hydrogens is 426 g/mol. The summed E-state index contributed by atoms with van der Waals surface area (Å²) in [7, 11) is 0. The second-order valence-corrected chi connectivity index (χ2v) is 9.99. The summed E-state index contributed by atoms with van der Waals surface area (Å²) in [6.45, 7) is 6.72. The van der Waals surface area contributed by atoms with Crippen LogP contribution in [-0.4, -0.2) is 28.3 Å². The van der Waals surface area contributed by atoms with E-state index in [1.54, 1.807) is 4.90 Å². The molecule has 1 heterocycles. The van der Waals surface area contributed by atoms with Crippen LogP contribution in [0.4, 0.5) is 10.5 Å². The molecule has 4 N–H and O–H groups in total. The van der Waals surface area contributed by atoms with Gasteiger partial charge in [-0.1, -0.05) is 56.0 Å². The molecule has 2 aromatic carbocycles. The number of benzene rings is 2. The Kier molecular flexibility index (Phi) is 6.91. The lowest BCUT2D eigenvalue weighted by atomic mass is 9.88. The van der Waals surface area contributed by atoms with E-state index in [-0.39, 0.29) is 11.9 Å². The quantitative estimate of drug-likeness (QED) is 0.561. The fraction of sp³-hybridized carbons (Fsp3) is 0.444. The van der Waals surface area contributed by atoms with Crippen LogP contribution in [0.1, 0.15) is 61.3 Å². The Morgan fingerprint density at radius 1 is 1.09 bits per heavy atom. The van der Waals surface area contributed by atoms with Crippen molar-refractivity contribution in [1.29, 1.82) is 0 Å². The van der Waals surface area contributed by atoms with Crippen molar-refractivity contribution in [3.63, 3.8) is 0 Å². The van der Waals surface area contributed by atoms with E-state index in [4.69, 9.17) is 5.73 Å². The van der Waals surface area contributed by atoms with E-state index in [1.165, 1.54) is 25.7 Å². The molecule has 1 saturated carbocycles. The molecule has 1 fully saturated rings. The molecule has 3 amide bonds. The molecule has 2 aliphatic rings. The third kappa shape index (κ3) is 5.58. The van der Waals surface area contributed by atoms with E-state index >= 15 is 0 Å². The number of rotatable bonds is 7. The van der Waals surface area contributed by atoms with Crippen LogP contribution in [0.15, 0.2) is 47.5 Å². The van der Waals surface area contributed by atoms with Gasteiger partial charge >= 0.3 is 6.03 Å². The van der Waals surface area contributed by atoms with E-state index < -0.39 is 5.54 Å². The maximum absolute atomic E-state index is 13.1. The highest BCUT2D eigenvalue weighted by molar-refractivity contribution is 6.06. The number of hydrogen-bond acceptors (Lipinski definition) is 4. The summed E-state index contributed by atoms with van der Waals surface area (Å²) in [6.07, 6.45) is 5.61. The molecule has 180 valence electrons. The molecule has 1 unspecified atom stereocenters. The van der Waals surface area contributed by atoms with Crippen LogP contribution >= 0.6 is 0 Å². The predicted octanol–water partition coefficient (Wildman–Crippen LogP) is 4.62. The largest absolute Gasteiger partial charge is 0.369 e. The van der Waals surface area contributed by atoms with Gasteiger partial charge in [-0.25, -0.2) is 9.79 Å². The van der Waals surface area contributed by atoms with E-state index in [9.17, 15) is 9.59 Å². The molecule has 0 aromatic heterocycles. The first-order valence-corrected chi connectivity index (χ1v) is 12.1. The summed E-state index contributed by atoms with van der Waals surface area (Å²) in [5.74, 6) is 0.856.